The number of amides is 1. The summed E-state index contributed by atoms with van der Waals surface area (Å²) in [6.45, 7) is 1.52. The highest BCUT2D eigenvalue weighted by Gasteiger charge is 2.19. The highest BCUT2D eigenvalue weighted by atomic mass is 35.5. The molecule has 0 aliphatic rings. The second-order valence-electron chi connectivity index (χ2n) is 4.85. The normalized spacial score (nSPS) is 10.2. The number of halogens is 1. The summed E-state index contributed by atoms with van der Waals surface area (Å²) in [6.07, 6.45) is 0. The van der Waals surface area contributed by atoms with Gasteiger partial charge in [-0.15, -0.1) is 0 Å². The number of nitrogens with zero attached hydrogens (tertiary/aromatic N) is 1. The van der Waals surface area contributed by atoms with Gasteiger partial charge < -0.3 is 14.8 Å². The van der Waals surface area contributed by atoms with E-state index in [2.05, 4.69) is 5.32 Å². The molecule has 0 heterocycles. The molecule has 2 aromatic carbocycles. The predicted molar refractivity (Wildman–Crippen MR) is 90.3 cm³/mol. The van der Waals surface area contributed by atoms with Gasteiger partial charge in [0.15, 0.2) is 0 Å². The largest absolute Gasteiger partial charge is 0.495 e. The first kappa shape index (κ1) is 17.6. The fourth-order valence-corrected chi connectivity index (χ4v) is 2.46. The van der Waals surface area contributed by atoms with Gasteiger partial charge in [-0.05, 0) is 19.1 Å². The van der Waals surface area contributed by atoms with Gasteiger partial charge in [0.1, 0.15) is 11.5 Å². The molecule has 0 atom stereocenters. The lowest BCUT2D eigenvalue weighted by Crippen LogP contribution is -2.15. The Hall–Kier alpha value is -2.80. The number of anilines is 1. The molecule has 0 aliphatic carbocycles. The summed E-state index contributed by atoms with van der Waals surface area (Å²) in [7, 11) is 2.91. The van der Waals surface area contributed by atoms with Gasteiger partial charge in [-0.3, -0.25) is 14.9 Å². The van der Waals surface area contributed by atoms with Crippen molar-refractivity contribution < 1.29 is 19.2 Å². The van der Waals surface area contributed by atoms with E-state index >= 15 is 0 Å². The van der Waals surface area contributed by atoms with E-state index in [4.69, 9.17) is 21.1 Å². The molecule has 0 aliphatic heterocycles. The lowest BCUT2D eigenvalue weighted by Gasteiger charge is -2.13. The van der Waals surface area contributed by atoms with Gasteiger partial charge in [-0.1, -0.05) is 17.7 Å². The average molecular weight is 351 g/mol. The van der Waals surface area contributed by atoms with Crippen LogP contribution >= 0.6 is 11.6 Å². The molecule has 24 heavy (non-hydrogen) atoms. The summed E-state index contributed by atoms with van der Waals surface area (Å²) >= 11 is 6.06. The molecule has 126 valence electrons. The summed E-state index contributed by atoms with van der Waals surface area (Å²) in [5, 5.41) is 13.9. The van der Waals surface area contributed by atoms with Crippen molar-refractivity contribution in [1.29, 1.82) is 0 Å². The first-order valence-corrected chi connectivity index (χ1v) is 7.23. The SMILES string of the molecule is COc1cc(OC)c(NC(=O)c2cccc([N+](=O)[O-])c2C)cc1Cl. The van der Waals surface area contributed by atoms with E-state index in [1.165, 1.54) is 51.5 Å². The quantitative estimate of drug-likeness (QED) is 0.653. The van der Waals surface area contributed by atoms with Gasteiger partial charge >= 0.3 is 0 Å². The molecular weight excluding hydrogens is 336 g/mol. The Labute approximate surface area is 143 Å². The summed E-state index contributed by atoms with van der Waals surface area (Å²) in [4.78, 5) is 22.9. The maximum Gasteiger partial charge on any atom is 0.273 e. The first-order valence-electron chi connectivity index (χ1n) is 6.86. The second kappa shape index (κ2) is 7.18. The summed E-state index contributed by atoms with van der Waals surface area (Å²) in [6, 6.07) is 7.34. The lowest BCUT2D eigenvalue weighted by molar-refractivity contribution is -0.385. The third kappa shape index (κ3) is 3.41. The zero-order valence-corrected chi connectivity index (χ0v) is 14.0. The van der Waals surface area contributed by atoms with Crippen molar-refractivity contribution in [3.05, 3.63) is 56.6 Å². The highest BCUT2D eigenvalue weighted by Crippen LogP contribution is 2.36. The number of hydrogen-bond donors (Lipinski definition) is 1. The van der Waals surface area contributed by atoms with Crippen LogP contribution in [0.4, 0.5) is 11.4 Å². The van der Waals surface area contributed by atoms with Crippen LogP contribution in [0.2, 0.25) is 5.02 Å². The van der Waals surface area contributed by atoms with Crippen LogP contribution in [0.3, 0.4) is 0 Å². The lowest BCUT2D eigenvalue weighted by atomic mass is 10.1. The van der Waals surface area contributed by atoms with Gasteiger partial charge in [0.05, 0.1) is 29.9 Å². The molecule has 0 fully saturated rings. The minimum Gasteiger partial charge on any atom is -0.495 e. The average Bonchev–Trinajstić information content (AvgIpc) is 2.54. The van der Waals surface area contributed by atoms with Crippen molar-refractivity contribution >= 4 is 28.9 Å². The molecule has 2 aromatic rings. The fourth-order valence-electron chi connectivity index (χ4n) is 2.21. The summed E-state index contributed by atoms with van der Waals surface area (Å²) in [5.74, 6) is 0.251. The third-order valence-electron chi connectivity index (χ3n) is 3.47. The molecule has 0 aromatic heterocycles. The smallest absolute Gasteiger partial charge is 0.273 e. The topological polar surface area (TPSA) is 90.7 Å². The van der Waals surface area contributed by atoms with Gasteiger partial charge in [-0.25, -0.2) is 0 Å². The standard InChI is InChI=1S/C16H15ClN2O5/c1-9-10(5-4-6-13(9)19(21)22)16(20)18-12-7-11(17)14(23-2)8-15(12)24-3/h4-8H,1-3H3,(H,18,20). The number of carbonyl (C=O) groups is 1. The predicted octanol–water partition coefficient (Wildman–Crippen LogP) is 3.83. The van der Waals surface area contributed by atoms with Crippen LogP contribution in [0, 0.1) is 17.0 Å². The monoisotopic (exact) mass is 350 g/mol. The van der Waals surface area contributed by atoms with Crippen molar-refractivity contribution in [2.75, 3.05) is 19.5 Å². The van der Waals surface area contributed by atoms with Crippen LogP contribution in [0.25, 0.3) is 0 Å². The van der Waals surface area contributed by atoms with E-state index in [1.807, 2.05) is 0 Å². The Balaban J connectivity index is 2.39. The van der Waals surface area contributed by atoms with E-state index < -0.39 is 10.8 Å². The number of benzene rings is 2. The van der Waals surface area contributed by atoms with Crippen molar-refractivity contribution in [1.82, 2.24) is 0 Å². The molecule has 0 saturated carbocycles. The van der Waals surface area contributed by atoms with Gasteiger partial charge in [0.25, 0.3) is 11.6 Å². The van der Waals surface area contributed by atoms with Crippen LogP contribution in [-0.2, 0) is 0 Å². The Kier molecular flexibility index (Phi) is 5.25. The minimum atomic E-state index is -0.531. The molecule has 8 heteroatoms. The molecule has 7 nitrogen and oxygen atoms in total. The van der Waals surface area contributed by atoms with Gasteiger partial charge in [0, 0.05) is 23.3 Å². The minimum absolute atomic E-state index is 0.123. The van der Waals surface area contributed by atoms with Crippen LogP contribution in [0.15, 0.2) is 30.3 Å². The maximum atomic E-state index is 12.5. The maximum absolute atomic E-state index is 12.5. The molecule has 0 spiro atoms. The second-order valence-corrected chi connectivity index (χ2v) is 5.26. The van der Waals surface area contributed by atoms with Crippen LogP contribution < -0.4 is 14.8 Å². The summed E-state index contributed by atoms with van der Waals surface area (Å²) < 4.78 is 10.3. The van der Waals surface area contributed by atoms with Gasteiger partial charge in [-0.2, -0.15) is 0 Å². The van der Waals surface area contributed by atoms with Crippen LogP contribution in [-0.4, -0.2) is 25.1 Å². The number of nitro benzene ring substituents is 1. The zero-order valence-electron chi connectivity index (χ0n) is 13.3. The number of ether oxygens (including phenoxy) is 2. The molecule has 0 radical (unpaired) electrons. The molecule has 0 saturated heterocycles. The van der Waals surface area contributed by atoms with Crippen molar-refractivity contribution in [3.63, 3.8) is 0 Å². The van der Waals surface area contributed by atoms with E-state index in [1.54, 1.807) is 0 Å². The van der Waals surface area contributed by atoms with Crippen molar-refractivity contribution in [2.24, 2.45) is 0 Å². The number of rotatable bonds is 5. The van der Waals surface area contributed by atoms with E-state index in [0.717, 1.165) is 0 Å². The first-order chi connectivity index (χ1) is 11.4. The Morgan fingerprint density at radius 1 is 1.21 bits per heavy atom. The number of methoxy groups -OCH3 is 2. The molecular formula is C16H15ClN2O5. The highest BCUT2D eigenvalue weighted by molar-refractivity contribution is 6.32. The molecule has 0 unspecified atom stereocenters. The zero-order chi connectivity index (χ0) is 17.9. The molecule has 1 N–H and O–H groups in total. The number of hydrogen-bond acceptors (Lipinski definition) is 5. The van der Waals surface area contributed by atoms with Crippen LogP contribution in [0.1, 0.15) is 15.9 Å². The molecule has 1 amide bonds. The third-order valence-corrected chi connectivity index (χ3v) is 3.76. The summed E-state index contributed by atoms with van der Waals surface area (Å²) in [5.41, 5.74) is 0.679. The van der Waals surface area contributed by atoms with Crippen molar-refractivity contribution in [2.45, 2.75) is 6.92 Å². The van der Waals surface area contributed by atoms with E-state index in [-0.39, 0.29) is 16.8 Å². The number of nitrogens with one attached hydrogen (secondary N) is 1. The number of nitro groups is 1. The van der Waals surface area contributed by atoms with E-state index in [9.17, 15) is 14.9 Å². The Morgan fingerprint density at radius 2 is 1.88 bits per heavy atom. The fraction of sp³-hybridized carbons (Fsp3) is 0.188. The van der Waals surface area contributed by atoms with E-state index in [0.29, 0.717) is 22.2 Å². The molecule has 0 bridgehead atoms. The Bertz CT molecular complexity index is 807. The Morgan fingerprint density at radius 3 is 2.46 bits per heavy atom. The van der Waals surface area contributed by atoms with Crippen molar-refractivity contribution in [3.8, 4) is 11.5 Å². The number of carbonyl (C=O) groups excluding carboxylic acids is 1. The molecule has 2 rings (SSSR count). The van der Waals surface area contributed by atoms with Gasteiger partial charge in [0.2, 0.25) is 0 Å². The van der Waals surface area contributed by atoms with Crippen LogP contribution in [0.5, 0.6) is 11.5 Å².